The van der Waals surface area contributed by atoms with Gasteiger partial charge in [-0.1, -0.05) is 30.3 Å². The molecule has 1 unspecified atom stereocenters. The molecule has 32 heavy (non-hydrogen) atoms. The normalized spacial score (nSPS) is 15.9. The molecule has 4 rings (SSSR count). The Morgan fingerprint density at radius 2 is 1.78 bits per heavy atom. The van der Waals surface area contributed by atoms with Gasteiger partial charge >= 0.3 is 0 Å². The van der Waals surface area contributed by atoms with Gasteiger partial charge in [-0.3, -0.25) is 14.6 Å². The second-order valence-corrected chi connectivity index (χ2v) is 8.55. The number of anilines is 1. The maximum absolute atomic E-state index is 13.1. The van der Waals surface area contributed by atoms with Gasteiger partial charge < -0.3 is 10.2 Å². The minimum Gasteiger partial charge on any atom is -0.338 e. The summed E-state index contributed by atoms with van der Waals surface area (Å²) >= 11 is 0. The van der Waals surface area contributed by atoms with Crippen LogP contribution >= 0.6 is 0 Å². The quantitative estimate of drug-likeness (QED) is 0.626. The van der Waals surface area contributed by atoms with E-state index in [-0.39, 0.29) is 17.7 Å². The number of amides is 2. The Bertz CT molecular complexity index is 1090. The van der Waals surface area contributed by atoms with Crippen LogP contribution in [0.2, 0.25) is 0 Å². The molecule has 5 nitrogen and oxygen atoms in total. The topological polar surface area (TPSA) is 62.3 Å². The summed E-state index contributed by atoms with van der Waals surface area (Å²) in [6, 6.07) is 21.9. The monoisotopic (exact) mass is 427 g/mol. The zero-order valence-electron chi connectivity index (χ0n) is 18.7. The fourth-order valence-corrected chi connectivity index (χ4v) is 4.40. The summed E-state index contributed by atoms with van der Waals surface area (Å²) < 4.78 is 0. The molecule has 0 radical (unpaired) electrons. The third-order valence-corrected chi connectivity index (χ3v) is 5.86. The van der Waals surface area contributed by atoms with E-state index in [4.69, 9.17) is 4.98 Å². The average Bonchev–Trinajstić information content (AvgIpc) is 2.79. The van der Waals surface area contributed by atoms with Gasteiger partial charge in [0.2, 0.25) is 5.91 Å². The zero-order valence-corrected chi connectivity index (χ0v) is 18.7. The smallest absolute Gasteiger partial charge is 0.253 e. The summed E-state index contributed by atoms with van der Waals surface area (Å²) in [4.78, 5) is 31.1. The molecule has 1 fully saturated rings. The number of piperidine rings is 1. The first-order valence-corrected chi connectivity index (χ1v) is 11.2. The van der Waals surface area contributed by atoms with Gasteiger partial charge in [0.15, 0.2) is 0 Å². The lowest BCUT2D eigenvalue weighted by Crippen LogP contribution is -2.39. The van der Waals surface area contributed by atoms with Crippen LogP contribution in [0, 0.1) is 6.92 Å². The van der Waals surface area contributed by atoms with Crippen molar-refractivity contribution in [1.29, 1.82) is 0 Å². The van der Waals surface area contributed by atoms with Gasteiger partial charge in [-0.2, -0.15) is 0 Å². The number of likely N-dealkylation sites (tertiary alicyclic amines) is 1. The third-order valence-electron chi connectivity index (χ3n) is 5.86. The van der Waals surface area contributed by atoms with Gasteiger partial charge in [0.1, 0.15) is 0 Å². The first kappa shape index (κ1) is 21.8. The molecule has 1 aliphatic heterocycles. The Balaban J connectivity index is 1.47. The van der Waals surface area contributed by atoms with Crippen LogP contribution in [0.3, 0.4) is 0 Å². The number of pyridine rings is 1. The van der Waals surface area contributed by atoms with Crippen molar-refractivity contribution in [1.82, 2.24) is 9.88 Å². The summed E-state index contributed by atoms with van der Waals surface area (Å²) in [6.07, 6.45) is 2.88. The van der Waals surface area contributed by atoms with Crippen LogP contribution in [-0.2, 0) is 11.2 Å². The Hall–Kier alpha value is -3.47. The Morgan fingerprint density at radius 1 is 1.03 bits per heavy atom. The molecule has 5 heteroatoms. The minimum atomic E-state index is -0.125. The van der Waals surface area contributed by atoms with Crippen LogP contribution in [-0.4, -0.2) is 34.8 Å². The van der Waals surface area contributed by atoms with Crippen molar-refractivity contribution in [3.8, 4) is 0 Å². The number of benzene rings is 2. The SMILES string of the molecule is CC(=O)Nc1ccc(C(=O)N2CCCC(c3cc(Cc4ccccc4)cc(C)n3)C2)cc1. The summed E-state index contributed by atoms with van der Waals surface area (Å²) in [5, 5.41) is 2.73. The number of hydrogen-bond donors (Lipinski definition) is 1. The second-order valence-electron chi connectivity index (χ2n) is 8.55. The van der Waals surface area contributed by atoms with Crippen molar-refractivity contribution in [3.05, 3.63) is 94.8 Å². The molecule has 1 atom stereocenters. The molecular weight excluding hydrogens is 398 g/mol. The van der Waals surface area contributed by atoms with Crippen molar-refractivity contribution in [2.75, 3.05) is 18.4 Å². The van der Waals surface area contributed by atoms with Crippen molar-refractivity contribution in [2.45, 2.75) is 39.0 Å². The van der Waals surface area contributed by atoms with E-state index in [1.165, 1.54) is 18.1 Å². The van der Waals surface area contributed by atoms with E-state index in [1.54, 1.807) is 24.3 Å². The highest BCUT2D eigenvalue weighted by Crippen LogP contribution is 2.28. The predicted octanol–water partition coefficient (Wildman–Crippen LogP) is 4.96. The number of carbonyl (C=O) groups excluding carboxylic acids is 2. The van der Waals surface area contributed by atoms with Crippen LogP contribution in [0.4, 0.5) is 5.69 Å². The standard InChI is InChI=1S/C27H29N3O2/c1-19-15-22(16-21-7-4-3-5-8-21)17-26(28-19)24-9-6-14-30(18-24)27(32)23-10-12-25(13-11-23)29-20(2)31/h3-5,7-8,10-13,15,17,24H,6,9,14,16,18H2,1-2H3,(H,29,31). The lowest BCUT2D eigenvalue weighted by atomic mass is 9.92. The van der Waals surface area contributed by atoms with Crippen molar-refractivity contribution >= 4 is 17.5 Å². The van der Waals surface area contributed by atoms with Crippen LogP contribution in [0.1, 0.15) is 58.6 Å². The summed E-state index contributed by atoms with van der Waals surface area (Å²) in [6.45, 7) is 4.94. The third kappa shape index (κ3) is 5.41. The van der Waals surface area contributed by atoms with E-state index < -0.39 is 0 Å². The summed E-state index contributed by atoms with van der Waals surface area (Å²) in [7, 11) is 0. The number of nitrogens with one attached hydrogen (secondary N) is 1. The number of aromatic nitrogens is 1. The molecular formula is C27H29N3O2. The molecule has 1 saturated heterocycles. The van der Waals surface area contributed by atoms with E-state index in [0.29, 0.717) is 17.8 Å². The van der Waals surface area contributed by atoms with Gasteiger partial charge in [0.25, 0.3) is 5.91 Å². The highest BCUT2D eigenvalue weighted by molar-refractivity contribution is 5.95. The number of carbonyl (C=O) groups is 2. The zero-order chi connectivity index (χ0) is 22.5. The van der Waals surface area contributed by atoms with E-state index >= 15 is 0 Å². The fourth-order valence-electron chi connectivity index (χ4n) is 4.40. The first-order valence-electron chi connectivity index (χ1n) is 11.2. The molecule has 2 heterocycles. The van der Waals surface area contributed by atoms with E-state index in [0.717, 1.165) is 37.2 Å². The van der Waals surface area contributed by atoms with Crippen molar-refractivity contribution in [3.63, 3.8) is 0 Å². The lowest BCUT2D eigenvalue weighted by molar-refractivity contribution is -0.114. The highest BCUT2D eigenvalue weighted by Gasteiger charge is 2.26. The lowest BCUT2D eigenvalue weighted by Gasteiger charge is -2.33. The molecule has 0 bridgehead atoms. The summed E-state index contributed by atoms with van der Waals surface area (Å²) in [5.74, 6) is 0.141. The number of nitrogens with zero attached hydrogens (tertiary/aromatic N) is 2. The van der Waals surface area contributed by atoms with Gasteiger partial charge in [-0.25, -0.2) is 0 Å². The van der Waals surface area contributed by atoms with E-state index in [2.05, 4.69) is 41.7 Å². The second kappa shape index (κ2) is 9.77. The molecule has 1 aromatic heterocycles. The van der Waals surface area contributed by atoms with E-state index in [9.17, 15) is 9.59 Å². The molecule has 1 aliphatic rings. The van der Waals surface area contributed by atoms with Crippen LogP contribution in [0.15, 0.2) is 66.7 Å². The molecule has 3 aromatic rings. The van der Waals surface area contributed by atoms with E-state index in [1.807, 2.05) is 17.9 Å². The van der Waals surface area contributed by atoms with Gasteiger partial charge in [-0.05, 0) is 73.7 Å². The van der Waals surface area contributed by atoms with Crippen LogP contribution in [0.25, 0.3) is 0 Å². The molecule has 0 aliphatic carbocycles. The highest BCUT2D eigenvalue weighted by atomic mass is 16.2. The fraction of sp³-hybridized carbons (Fsp3) is 0.296. The number of hydrogen-bond acceptors (Lipinski definition) is 3. The average molecular weight is 428 g/mol. The van der Waals surface area contributed by atoms with Gasteiger partial charge in [-0.15, -0.1) is 0 Å². The first-order chi connectivity index (χ1) is 15.5. The molecule has 2 amide bonds. The molecule has 2 aromatic carbocycles. The molecule has 0 spiro atoms. The molecule has 0 saturated carbocycles. The van der Waals surface area contributed by atoms with Crippen LogP contribution < -0.4 is 5.32 Å². The number of rotatable bonds is 5. The van der Waals surface area contributed by atoms with Gasteiger partial charge in [0.05, 0.1) is 0 Å². The van der Waals surface area contributed by atoms with Gasteiger partial charge in [0, 0.05) is 48.6 Å². The van der Waals surface area contributed by atoms with Crippen molar-refractivity contribution in [2.24, 2.45) is 0 Å². The largest absolute Gasteiger partial charge is 0.338 e. The van der Waals surface area contributed by atoms with Crippen LogP contribution in [0.5, 0.6) is 0 Å². The predicted molar refractivity (Wildman–Crippen MR) is 127 cm³/mol. The number of aryl methyl sites for hydroxylation is 1. The Morgan fingerprint density at radius 3 is 2.50 bits per heavy atom. The minimum absolute atomic E-state index is 0.0289. The Labute approximate surface area is 189 Å². The molecule has 164 valence electrons. The van der Waals surface area contributed by atoms with Crippen molar-refractivity contribution < 1.29 is 9.59 Å². The maximum atomic E-state index is 13.1. The summed E-state index contributed by atoms with van der Waals surface area (Å²) in [5.41, 5.74) is 5.98. The maximum Gasteiger partial charge on any atom is 0.253 e. The Kier molecular flexibility index (Phi) is 6.64. The molecule has 1 N–H and O–H groups in total.